The number of aromatic nitrogens is 1. The minimum atomic E-state index is -0.350. The highest BCUT2D eigenvalue weighted by Gasteiger charge is 2.32. The Morgan fingerprint density at radius 2 is 2.26 bits per heavy atom. The van der Waals surface area contributed by atoms with E-state index >= 15 is 0 Å². The quantitative estimate of drug-likeness (QED) is 0.791. The standard InChI is InChI=1S/C12H15ClN4O2/c1-2-9-12(19)16-11(18)6-17(9)5-8-7(13)3-4-10(14)15-8/h3-4,9H,2,5-6H2,1H3,(H2,14,15)(H,16,18,19). The molecule has 1 aromatic heterocycles. The molecule has 7 heteroatoms. The summed E-state index contributed by atoms with van der Waals surface area (Å²) in [5.41, 5.74) is 6.19. The SMILES string of the molecule is CCC1C(=O)NC(=O)CN1Cc1nc(N)ccc1Cl. The van der Waals surface area contributed by atoms with Crippen molar-refractivity contribution in [2.45, 2.75) is 25.9 Å². The average molecular weight is 283 g/mol. The lowest BCUT2D eigenvalue weighted by Gasteiger charge is -2.33. The van der Waals surface area contributed by atoms with Crippen molar-refractivity contribution in [1.82, 2.24) is 15.2 Å². The number of imide groups is 1. The van der Waals surface area contributed by atoms with E-state index in [1.54, 1.807) is 17.0 Å². The fourth-order valence-corrected chi connectivity index (χ4v) is 2.30. The fourth-order valence-electron chi connectivity index (χ4n) is 2.13. The van der Waals surface area contributed by atoms with Gasteiger partial charge in [0.15, 0.2) is 0 Å². The van der Waals surface area contributed by atoms with Crippen molar-refractivity contribution in [2.24, 2.45) is 0 Å². The highest BCUT2D eigenvalue weighted by molar-refractivity contribution is 6.31. The maximum absolute atomic E-state index is 11.7. The van der Waals surface area contributed by atoms with Gasteiger partial charge >= 0.3 is 0 Å². The second-order valence-corrected chi connectivity index (χ2v) is 4.81. The molecule has 0 aromatic carbocycles. The largest absolute Gasteiger partial charge is 0.384 e. The molecule has 0 aliphatic carbocycles. The van der Waals surface area contributed by atoms with Gasteiger partial charge in [-0.3, -0.25) is 19.8 Å². The first-order valence-electron chi connectivity index (χ1n) is 6.00. The van der Waals surface area contributed by atoms with Gasteiger partial charge in [-0.1, -0.05) is 18.5 Å². The van der Waals surface area contributed by atoms with Crippen LogP contribution in [0.3, 0.4) is 0 Å². The molecule has 3 N–H and O–H groups in total. The zero-order valence-electron chi connectivity index (χ0n) is 10.5. The molecular weight excluding hydrogens is 268 g/mol. The highest BCUT2D eigenvalue weighted by atomic mass is 35.5. The van der Waals surface area contributed by atoms with Gasteiger partial charge in [0, 0.05) is 6.54 Å². The maximum atomic E-state index is 11.7. The number of amides is 2. The van der Waals surface area contributed by atoms with Crippen molar-refractivity contribution in [2.75, 3.05) is 12.3 Å². The van der Waals surface area contributed by atoms with Crippen LogP contribution >= 0.6 is 11.6 Å². The lowest BCUT2D eigenvalue weighted by Crippen LogP contribution is -2.57. The van der Waals surface area contributed by atoms with Crippen LogP contribution in [0.15, 0.2) is 12.1 Å². The van der Waals surface area contributed by atoms with Crippen LogP contribution in [0.5, 0.6) is 0 Å². The summed E-state index contributed by atoms with van der Waals surface area (Å²) in [6.45, 7) is 2.36. The van der Waals surface area contributed by atoms with Crippen LogP contribution in [0.2, 0.25) is 5.02 Å². The zero-order chi connectivity index (χ0) is 14.0. The van der Waals surface area contributed by atoms with Gasteiger partial charge < -0.3 is 5.73 Å². The molecule has 2 rings (SSSR count). The number of piperazine rings is 1. The Bertz CT molecular complexity index is 520. The van der Waals surface area contributed by atoms with Gasteiger partial charge in [0.05, 0.1) is 23.3 Å². The average Bonchev–Trinajstić information content (AvgIpc) is 2.33. The second-order valence-electron chi connectivity index (χ2n) is 4.41. The fraction of sp³-hybridized carbons (Fsp3) is 0.417. The van der Waals surface area contributed by atoms with Gasteiger partial charge in [-0.15, -0.1) is 0 Å². The van der Waals surface area contributed by atoms with Gasteiger partial charge in [0.1, 0.15) is 5.82 Å². The molecule has 102 valence electrons. The summed E-state index contributed by atoms with van der Waals surface area (Å²) in [6, 6.07) is 2.92. The van der Waals surface area contributed by atoms with Crippen molar-refractivity contribution in [3.05, 3.63) is 22.8 Å². The summed E-state index contributed by atoms with van der Waals surface area (Å²) in [5.74, 6) is -0.228. The molecule has 1 saturated heterocycles. The van der Waals surface area contributed by atoms with E-state index in [9.17, 15) is 9.59 Å². The summed E-state index contributed by atoms with van der Waals surface area (Å²) in [4.78, 5) is 29.1. The molecule has 0 radical (unpaired) electrons. The molecule has 2 amide bonds. The summed E-state index contributed by atoms with van der Waals surface area (Å²) in [6.07, 6.45) is 0.610. The van der Waals surface area contributed by atoms with Crippen LogP contribution in [-0.2, 0) is 16.1 Å². The van der Waals surface area contributed by atoms with E-state index in [4.69, 9.17) is 17.3 Å². The van der Waals surface area contributed by atoms with E-state index in [2.05, 4.69) is 10.3 Å². The van der Waals surface area contributed by atoms with Crippen molar-refractivity contribution in [3.8, 4) is 0 Å². The minimum absolute atomic E-state index is 0.150. The monoisotopic (exact) mass is 282 g/mol. The van der Waals surface area contributed by atoms with E-state index in [0.717, 1.165) is 0 Å². The number of halogens is 1. The van der Waals surface area contributed by atoms with Gasteiger partial charge in [0.2, 0.25) is 11.8 Å². The van der Waals surface area contributed by atoms with E-state index < -0.39 is 0 Å². The molecule has 19 heavy (non-hydrogen) atoms. The predicted octanol–water partition coefficient (Wildman–Crippen LogP) is 0.554. The topological polar surface area (TPSA) is 88.3 Å². The summed E-state index contributed by atoms with van der Waals surface area (Å²) >= 11 is 6.05. The van der Waals surface area contributed by atoms with Gasteiger partial charge in [-0.2, -0.15) is 0 Å². The first-order chi connectivity index (χ1) is 9.01. The molecule has 1 aromatic rings. The Labute approximate surface area is 115 Å². The lowest BCUT2D eigenvalue weighted by atomic mass is 10.1. The first-order valence-corrected chi connectivity index (χ1v) is 6.37. The van der Waals surface area contributed by atoms with Crippen LogP contribution in [0.25, 0.3) is 0 Å². The molecule has 0 saturated carbocycles. The number of carbonyl (C=O) groups is 2. The molecule has 1 aliphatic heterocycles. The van der Waals surface area contributed by atoms with Gasteiger partial charge in [-0.05, 0) is 18.6 Å². The Hall–Kier alpha value is -1.66. The Morgan fingerprint density at radius 3 is 2.95 bits per heavy atom. The predicted molar refractivity (Wildman–Crippen MR) is 71.3 cm³/mol. The third-order valence-corrected chi connectivity index (χ3v) is 3.38. The number of nitrogens with two attached hydrogens (primary N) is 1. The Morgan fingerprint density at radius 1 is 1.53 bits per heavy atom. The highest BCUT2D eigenvalue weighted by Crippen LogP contribution is 2.20. The number of nitrogens with one attached hydrogen (secondary N) is 1. The number of rotatable bonds is 3. The Balaban J connectivity index is 2.22. The van der Waals surface area contributed by atoms with Crippen LogP contribution in [0.1, 0.15) is 19.0 Å². The molecule has 1 atom stereocenters. The minimum Gasteiger partial charge on any atom is -0.384 e. The summed E-state index contributed by atoms with van der Waals surface area (Å²) in [5, 5.41) is 2.80. The normalized spacial score (nSPS) is 20.4. The molecule has 6 nitrogen and oxygen atoms in total. The van der Waals surface area contributed by atoms with E-state index in [1.807, 2.05) is 6.92 Å². The third kappa shape index (κ3) is 3.02. The molecule has 0 bridgehead atoms. The van der Waals surface area contributed by atoms with Crippen molar-refractivity contribution in [3.63, 3.8) is 0 Å². The molecule has 1 aliphatic rings. The number of hydrogen-bond donors (Lipinski definition) is 2. The van der Waals surface area contributed by atoms with Gasteiger partial charge in [0.25, 0.3) is 0 Å². The summed E-state index contributed by atoms with van der Waals surface area (Å²) in [7, 11) is 0. The van der Waals surface area contributed by atoms with E-state index in [0.29, 0.717) is 29.5 Å². The van der Waals surface area contributed by atoms with Crippen molar-refractivity contribution >= 4 is 29.2 Å². The zero-order valence-corrected chi connectivity index (χ0v) is 11.3. The number of nitrogens with zero attached hydrogens (tertiary/aromatic N) is 2. The molecule has 0 spiro atoms. The number of carbonyl (C=O) groups excluding carboxylic acids is 2. The lowest BCUT2D eigenvalue weighted by molar-refractivity contribution is -0.140. The summed E-state index contributed by atoms with van der Waals surface area (Å²) < 4.78 is 0. The van der Waals surface area contributed by atoms with E-state index in [1.165, 1.54) is 0 Å². The Kier molecular flexibility index (Phi) is 4.01. The molecule has 1 fully saturated rings. The smallest absolute Gasteiger partial charge is 0.243 e. The number of anilines is 1. The second kappa shape index (κ2) is 5.54. The van der Waals surface area contributed by atoms with Crippen LogP contribution < -0.4 is 11.1 Å². The van der Waals surface area contributed by atoms with Gasteiger partial charge in [-0.25, -0.2) is 4.98 Å². The third-order valence-electron chi connectivity index (χ3n) is 3.03. The number of hydrogen-bond acceptors (Lipinski definition) is 5. The molecule has 2 heterocycles. The maximum Gasteiger partial charge on any atom is 0.243 e. The van der Waals surface area contributed by atoms with Crippen LogP contribution in [0, 0.1) is 0 Å². The van der Waals surface area contributed by atoms with Crippen LogP contribution in [0.4, 0.5) is 5.82 Å². The van der Waals surface area contributed by atoms with Crippen molar-refractivity contribution in [1.29, 1.82) is 0 Å². The van der Waals surface area contributed by atoms with Crippen molar-refractivity contribution < 1.29 is 9.59 Å². The number of pyridine rings is 1. The van der Waals surface area contributed by atoms with E-state index in [-0.39, 0.29) is 24.4 Å². The number of nitrogen functional groups attached to an aromatic ring is 1. The van der Waals surface area contributed by atoms with Crippen LogP contribution in [-0.4, -0.2) is 34.3 Å². The first kappa shape index (κ1) is 13.8. The molecule has 1 unspecified atom stereocenters. The molecular formula is C12H15ClN4O2.